The SMILES string of the molecule is Cc1cccc(-c2ccc3[nH]c4c(c3c2)CN(c2ncc(C(=O)NO)cn2)CC4)c1.OCCNCCO. The topological polar surface area (TPSA) is 147 Å². The number of fused-ring (bicyclic) bond motifs is 3. The van der Waals surface area contributed by atoms with Gasteiger partial charge in [-0.3, -0.25) is 10.0 Å². The molecule has 6 N–H and O–H groups in total. The molecule has 4 aromatic rings. The molecule has 2 aromatic heterocycles. The summed E-state index contributed by atoms with van der Waals surface area (Å²) in [6.45, 7) is 5.00. The molecule has 10 nitrogen and oxygen atoms in total. The van der Waals surface area contributed by atoms with Crippen LogP contribution in [0.3, 0.4) is 0 Å². The van der Waals surface area contributed by atoms with Crippen LogP contribution >= 0.6 is 0 Å². The van der Waals surface area contributed by atoms with Crippen molar-refractivity contribution in [3.8, 4) is 11.1 Å². The number of hydrogen-bond acceptors (Lipinski definition) is 8. The number of benzene rings is 2. The molecule has 0 atom stereocenters. The Morgan fingerprint density at radius 1 is 1.05 bits per heavy atom. The van der Waals surface area contributed by atoms with Crippen LogP contribution in [0.5, 0.6) is 0 Å². The van der Waals surface area contributed by atoms with E-state index in [0.717, 1.165) is 18.5 Å². The van der Waals surface area contributed by atoms with Crippen molar-refractivity contribution in [1.29, 1.82) is 0 Å². The van der Waals surface area contributed by atoms with E-state index in [4.69, 9.17) is 15.4 Å². The van der Waals surface area contributed by atoms with Crippen molar-refractivity contribution in [2.45, 2.75) is 19.9 Å². The van der Waals surface area contributed by atoms with Crippen molar-refractivity contribution in [3.63, 3.8) is 0 Å². The highest BCUT2D eigenvalue weighted by atomic mass is 16.5. The summed E-state index contributed by atoms with van der Waals surface area (Å²) in [6.07, 6.45) is 3.72. The van der Waals surface area contributed by atoms with Crippen molar-refractivity contribution in [2.24, 2.45) is 0 Å². The molecule has 0 spiro atoms. The molecular formula is C27H32N6O4. The van der Waals surface area contributed by atoms with E-state index in [1.165, 1.54) is 45.7 Å². The van der Waals surface area contributed by atoms with Crippen LogP contribution in [-0.2, 0) is 13.0 Å². The maximum Gasteiger partial charge on any atom is 0.277 e. The van der Waals surface area contributed by atoms with E-state index >= 15 is 0 Å². The van der Waals surface area contributed by atoms with E-state index in [2.05, 4.69) is 74.6 Å². The largest absolute Gasteiger partial charge is 0.395 e. The van der Waals surface area contributed by atoms with Gasteiger partial charge in [0.2, 0.25) is 5.95 Å². The van der Waals surface area contributed by atoms with Gasteiger partial charge in [-0.15, -0.1) is 0 Å². The minimum Gasteiger partial charge on any atom is -0.395 e. The lowest BCUT2D eigenvalue weighted by Gasteiger charge is -2.27. The summed E-state index contributed by atoms with van der Waals surface area (Å²) < 4.78 is 0. The summed E-state index contributed by atoms with van der Waals surface area (Å²) in [7, 11) is 0. The van der Waals surface area contributed by atoms with Crippen molar-refractivity contribution >= 4 is 22.8 Å². The number of rotatable bonds is 7. The van der Waals surface area contributed by atoms with Crippen molar-refractivity contribution in [1.82, 2.24) is 25.7 Å². The lowest BCUT2D eigenvalue weighted by Crippen LogP contribution is -2.31. The Kier molecular flexibility index (Phi) is 8.81. The zero-order valence-electron chi connectivity index (χ0n) is 20.7. The van der Waals surface area contributed by atoms with Gasteiger partial charge in [0, 0.05) is 67.2 Å². The third kappa shape index (κ3) is 6.30. The fourth-order valence-electron chi connectivity index (χ4n) is 4.34. The molecule has 1 aliphatic heterocycles. The zero-order chi connectivity index (χ0) is 26.2. The summed E-state index contributed by atoms with van der Waals surface area (Å²) in [4.78, 5) is 25.8. The highest BCUT2D eigenvalue weighted by molar-refractivity contribution is 5.93. The summed E-state index contributed by atoms with van der Waals surface area (Å²) in [5, 5.41) is 29.0. The van der Waals surface area contributed by atoms with Gasteiger partial charge in [0.15, 0.2) is 0 Å². The number of nitrogens with zero attached hydrogens (tertiary/aromatic N) is 3. The second-order valence-corrected chi connectivity index (χ2v) is 8.79. The molecule has 3 heterocycles. The Labute approximate surface area is 215 Å². The number of aromatic nitrogens is 3. The number of aromatic amines is 1. The quantitative estimate of drug-likeness (QED) is 0.128. The van der Waals surface area contributed by atoms with Crippen LogP contribution < -0.4 is 15.7 Å². The Morgan fingerprint density at radius 2 is 1.78 bits per heavy atom. The van der Waals surface area contributed by atoms with Crippen molar-refractivity contribution in [3.05, 3.63) is 77.2 Å². The molecule has 1 amide bonds. The number of hydroxylamine groups is 1. The van der Waals surface area contributed by atoms with E-state index in [-0.39, 0.29) is 18.8 Å². The third-order valence-corrected chi connectivity index (χ3v) is 6.19. The van der Waals surface area contributed by atoms with Crippen LogP contribution in [-0.4, -0.2) is 69.1 Å². The summed E-state index contributed by atoms with van der Waals surface area (Å²) >= 11 is 0. The fraction of sp³-hybridized carbons (Fsp3) is 0.296. The first kappa shape index (κ1) is 26.2. The number of aryl methyl sites for hydroxylation is 1. The van der Waals surface area contributed by atoms with E-state index in [9.17, 15) is 4.79 Å². The maximum absolute atomic E-state index is 11.5. The molecule has 0 saturated carbocycles. The predicted octanol–water partition coefficient (Wildman–Crippen LogP) is 2.18. The molecule has 5 rings (SSSR count). The number of amides is 1. The normalized spacial score (nSPS) is 12.6. The monoisotopic (exact) mass is 504 g/mol. The minimum atomic E-state index is -0.622. The second-order valence-electron chi connectivity index (χ2n) is 8.79. The Morgan fingerprint density at radius 3 is 2.46 bits per heavy atom. The van der Waals surface area contributed by atoms with Gasteiger partial charge >= 0.3 is 0 Å². The molecular weight excluding hydrogens is 472 g/mol. The van der Waals surface area contributed by atoms with Crippen LogP contribution in [0.4, 0.5) is 5.95 Å². The number of hydrogen-bond donors (Lipinski definition) is 6. The maximum atomic E-state index is 11.5. The third-order valence-electron chi connectivity index (χ3n) is 6.19. The highest BCUT2D eigenvalue weighted by Gasteiger charge is 2.23. The van der Waals surface area contributed by atoms with Crippen LogP contribution in [0.2, 0.25) is 0 Å². The minimum absolute atomic E-state index is 0.139. The van der Waals surface area contributed by atoms with E-state index in [0.29, 0.717) is 25.6 Å². The fourth-order valence-corrected chi connectivity index (χ4v) is 4.34. The highest BCUT2D eigenvalue weighted by Crippen LogP contribution is 2.32. The first-order chi connectivity index (χ1) is 18.0. The predicted molar refractivity (Wildman–Crippen MR) is 142 cm³/mol. The van der Waals surface area contributed by atoms with E-state index in [1.54, 1.807) is 5.48 Å². The van der Waals surface area contributed by atoms with Gasteiger partial charge in [0.25, 0.3) is 5.91 Å². The Balaban J connectivity index is 0.000000405. The lowest BCUT2D eigenvalue weighted by molar-refractivity contribution is 0.0705. The van der Waals surface area contributed by atoms with Gasteiger partial charge in [-0.2, -0.15) is 0 Å². The van der Waals surface area contributed by atoms with Crippen LogP contribution in [0.1, 0.15) is 27.2 Å². The molecule has 0 aliphatic carbocycles. The Bertz CT molecular complexity index is 1330. The molecule has 0 fully saturated rings. The smallest absolute Gasteiger partial charge is 0.277 e. The van der Waals surface area contributed by atoms with Gasteiger partial charge < -0.3 is 25.4 Å². The molecule has 0 unspecified atom stereocenters. The molecule has 0 bridgehead atoms. The number of aliphatic hydroxyl groups is 2. The summed E-state index contributed by atoms with van der Waals surface area (Å²) in [5.41, 5.74) is 9.10. The average Bonchev–Trinajstić information content (AvgIpc) is 3.30. The number of H-pyrrole nitrogens is 1. The second kappa shape index (κ2) is 12.4. The van der Waals surface area contributed by atoms with Gasteiger partial charge in [-0.05, 0) is 30.2 Å². The number of anilines is 1. The molecule has 10 heteroatoms. The summed E-state index contributed by atoms with van der Waals surface area (Å²) in [6, 6.07) is 15.1. The number of nitrogens with one attached hydrogen (secondary N) is 3. The Hall–Kier alpha value is -3.83. The standard InChI is InChI=1S/C23H21N5O2.C4H11NO2/c1-14-3-2-4-15(9-14)16-5-6-20-18(10-16)19-13-28(8-7-21(19)26-20)23-24-11-17(12-25-23)22(29)27-30;6-3-1-5-2-4-7/h2-6,9-12,26,30H,7-8,13H2,1H3,(H,27,29);5-7H,1-4H2. The average molecular weight is 505 g/mol. The van der Waals surface area contributed by atoms with Gasteiger partial charge in [-0.25, -0.2) is 15.4 Å². The molecule has 2 aromatic carbocycles. The first-order valence-electron chi connectivity index (χ1n) is 12.2. The molecule has 37 heavy (non-hydrogen) atoms. The molecule has 0 radical (unpaired) electrons. The lowest BCUT2D eigenvalue weighted by atomic mass is 9.99. The first-order valence-corrected chi connectivity index (χ1v) is 12.2. The van der Waals surface area contributed by atoms with Gasteiger partial charge in [0.05, 0.1) is 18.8 Å². The number of carbonyl (C=O) groups is 1. The van der Waals surface area contributed by atoms with E-state index in [1.807, 2.05) is 0 Å². The summed E-state index contributed by atoms with van der Waals surface area (Å²) in [5.74, 6) is -0.0536. The van der Waals surface area contributed by atoms with Gasteiger partial charge in [-0.1, -0.05) is 35.9 Å². The number of carbonyl (C=O) groups excluding carboxylic acids is 1. The number of aliphatic hydroxyl groups excluding tert-OH is 2. The van der Waals surface area contributed by atoms with E-state index < -0.39 is 5.91 Å². The van der Waals surface area contributed by atoms with Gasteiger partial charge in [0.1, 0.15) is 0 Å². The molecule has 194 valence electrons. The molecule has 0 saturated heterocycles. The molecule has 1 aliphatic rings. The van der Waals surface area contributed by atoms with Crippen LogP contribution in [0.15, 0.2) is 54.9 Å². The van der Waals surface area contributed by atoms with Crippen molar-refractivity contribution in [2.75, 3.05) is 37.7 Å². The van der Waals surface area contributed by atoms with Crippen molar-refractivity contribution < 1.29 is 20.2 Å². The zero-order valence-corrected chi connectivity index (χ0v) is 20.7. The van der Waals surface area contributed by atoms with Crippen LogP contribution in [0, 0.1) is 6.92 Å². The van der Waals surface area contributed by atoms with Crippen LogP contribution in [0.25, 0.3) is 22.0 Å².